The number of nitrogens with zero attached hydrogens (tertiary/aromatic N) is 6. The lowest BCUT2D eigenvalue weighted by atomic mass is 10.2. The molecule has 0 saturated carbocycles. The smallest absolute Gasteiger partial charge is 0.240 e. The predicted molar refractivity (Wildman–Crippen MR) is 133 cm³/mol. The first-order valence-electron chi connectivity index (χ1n) is 10.5. The second kappa shape index (κ2) is 11.4. The summed E-state index contributed by atoms with van der Waals surface area (Å²) in [6.45, 7) is 3.01. The van der Waals surface area contributed by atoms with Crippen LogP contribution in [0, 0.1) is 5.41 Å². The number of allylic oxidation sites excluding steroid dienone is 2. The first-order chi connectivity index (χ1) is 17.1. The first kappa shape index (κ1) is 27.0. The van der Waals surface area contributed by atoms with Gasteiger partial charge in [-0.1, -0.05) is 17.7 Å². The topological polar surface area (TPSA) is 178 Å². The molecular weight excluding hydrogens is 512 g/mol. The molecule has 0 aromatic carbocycles. The van der Waals surface area contributed by atoms with Crippen molar-refractivity contribution < 1.29 is 23.0 Å². The number of ether oxygens (including phenoxy) is 2. The van der Waals surface area contributed by atoms with Crippen molar-refractivity contribution in [3.8, 4) is 17.4 Å². The number of sulfonamides is 1. The fourth-order valence-electron chi connectivity index (χ4n) is 3.27. The number of anilines is 1. The third-order valence-electron chi connectivity index (χ3n) is 5.23. The zero-order chi connectivity index (χ0) is 26.5. The molecular formula is C21H25ClN8O5S. The minimum absolute atomic E-state index is 0.127. The standard InChI is InChI=1S/C21H25ClN8O5S/c1-12(16(31)8-9-23)30-20(15-6-5-7-17(26-15)34-3)27-28-21(30)29-36(32,33)13(2)18(35-4)19-24-10-14(22)11-25-19/h5-13,18,23,31H,1-4H3,(H,28,29)/b16-8-,23-9?/t12-,13-,18-/m0/s1. The maximum atomic E-state index is 13.4. The lowest BCUT2D eigenvalue weighted by Crippen LogP contribution is -2.33. The van der Waals surface area contributed by atoms with Crippen LogP contribution in [0.3, 0.4) is 0 Å². The maximum Gasteiger partial charge on any atom is 0.240 e. The zero-order valence-electron chi connectivity index (χ0n) is 19.8. The van der Waals surface area contributed by atoms with Gasteiger partial charge >= 0.3 is 0 Å². The van der Waals surface area contributed by atoms with E-state index in [0.717, 1.165) is 12.3 Å². The Kier molecular flexibility index (Phi) is 8.55. The van der Waals surface area contributed by atoms with Gasteiger partial charge in [0, 0.05) is 31.8 Å². The summed E-state index contributed by atoms with van der Waals surface area (Å²) < 4.78 is 41.0. The Bertz CT molecular complexity index is 1350. The lowest BCUT2D eigenvalue weighted by Gasteiger charge is -2.23. The van der Waals surface area contributed by atoms with Crippen LogP contribution >= 0.6 is 11.6 Å². The molecule has 3 rings (SSSR count). The van der Waals surface area contributed by atoms with Gasteiger partial charge in [-0.05, 0) is 26.0 Å². The van der Waals surface area contributed by atoms with Gasteiger partial charge in [0.25, 0.3) is 0 Å². The highest BCUT2D eigenvalue weighted by molar-refractivity contribution is 7.93. The van der Waals surface area contributed by atoms with Gasteiger partial charge in [-0.2, -0.15) is 0 Å². The van der Waals surface area contributed by atoms with Crippen LogP contribution in [0.1, 0.15) is 31.8 Å². The summed E-state index contributed by atoms with van der Waals surface area (Å²) >= 11 is 5.84. The van der Waals surface area contributed by atoms with Crippen LogP contribution in [0.4, 0.5) is 5.95 Å². The average Bonchev–Trinajstić information content (AvgIpc) is 3.27. The molecule has 0 amide bonds. The highest BCUT2D eigenvalue weighted by Crippen LogP contribution is 2.30. The van der Waals surface area contributed by atoms with Crippen LogP contribution < -0.4 is 9.46 Å². The van der Waals surface area contributed by atoms with Gasteiger partial charge in [0.1, 0.15) is 22.8 Å². The van der Waals surface area contributed by atoms with E-state index in [1.807, 2.05) is 0 Å². The Hall–Kier alpha value is -3.62. The van der Waals surface area contributed by atoms with Crippen LogP contribution in [-0.4, -0.2) is 68.9 Å². The molecule has 0 bridgehead atoms. The number of methoxy groups -OCH3 is 2. The molecule has 192 valence electrons. The van der Waals surface area contributed by atoms with Crippen molar-refractivity contribution in [3.05, 3.63) is 53.3 Å². The van der Waals surface area contributed by atoms with Gasteiger partial charge in [0.2, 0.25) is 21.9 Å². The number of rotatable bonds is 11. The van der Waals surface area contributed by atoms with Crippen LogP contribution in [0.2, 0.25) is 5.02 Å². The van der Waals surface area contributed by atoms with Gasteiger partial charge in [-0.15, -0.1) is 10.2 Å². The molecule has 36 heavy (non-hydrogen) atoms. The van der Waals surface area contributed by atoms with Gasteiger partial charge < -0.3 is 20.0 Å². The Morgan fingerprint density at radius 3 is 2.53 bits per heavy atom. The molecule has 3 heterocycles. The number of hydrogen-bond donors (Lipinski definition) is 3. The van der Waals surface area contributed by atoms with E-state index in [9.17, 15) is 13.5 Å². The average molecular weight is 537 g/mol. The molecule has 0 fully saturated rings. The summed E-state index contributed by atoms with van der Waals surface area (Å²) in [5.74, 6) is 0.164. The normalized spacial score (nSPS) is 14.6. The van der Waals surface area contributed by atoms with Crippen LogP contribution in [0.5, 0.6) is 5.88 Å². The summed E-state index contributed by atoms with van der Waals surface area (Å²) in [6, 6.07) is 4.08. The summed E-state index contributed by atoms with van der Waals surface area (Å²) in [6.07, 6.45) is 3.72. The highest BCUT2D eigenvalue weighted by Gasteiger charge is 2.35. The predicted octanol–water partition coefficient (Wildman–Crippen LogP) is 2.96. The molecule has 15 heteroatoms. The molecule has 0 aliphatic rings. The molecule has 0 aliphatic carbocycles. The zero-order valence-corrected chi connectivity index (χ0v) is 21.4. The van der Waals surface area contributed by atoms with E-state index in [-0.39, 0.29) is 23.4 Å². The van der Waals surface area contributed by atoms with Crippen LogP contribution in [0.25, 0.3) is 11.5 Å². The SMILES string of the molecule is COc1cccc(-c2nnc(NS(=O)(=O)[C@@H](C)[C@H](OC)c3ncc(Cl)cn3)n2[C@@H](C)/C(O)=C/C=N)n1. The van der Waals surface area contributed by atoms with Gasteiger partial charge in [0.15, 0.2) is 11.6 Å². The number of aromatic nitrogens is 6. The second-order valence-corrected chi connectivity index (χ2v) is 9.96. The number of aliphatic hydroxyl groups excluding tert-OH is 1. The van der Waals surface area contributed by atoms with Crippen molar-refractivity contribution in [2.75, 3.05) is 18.9 Å². The van der Waals surface area contributed by atoms with E-state index in [0.29, 0.717) is 16.6 Å². The molecule has 3 aromatic heterocycles. The number of pyridine rings is 1. The summed E-state index contributed by atoms with van der Waals surface area (Å²) in [4.78, 5) is 12.5. The first-order valence-corrected chi connectivity index (χ1v) is 12.4. The molecule has 0 saturated heterocycles. The van der Waals surface area contributed by atoms with Crippen molar-refractivity contribution in [2.45, 2.75) is 31.2 Å². The van der Waals surface area contributed by atoms with Gasteiger partial charge in [-0.3, -0.25) is 9.29 Å². The van der Waals surface area contributed by atoms with E-state index >= 15 is 0 Å². The van der Waals surface area contributed by atoms with Crippen molar-refractivity contribution in [3.63, 3.8) is 0 Å². The van der Waals surface area contributed by atoms with E-state index in [2.05, 4.69) is 29.9 Å². The van der Waals surface area contributed by atoms with Crippen LogP contribution in [-0.2, 0) is 14.8 Å². The number of hydrogen-bond acceptors (Lipinski definition) is 11. The Morgan fingerprint density at radius 2 is 1.92 bits per heavy atom. The van der Waals surface area contributed by atoms with Crippen molar-refractivity contribution in [1.29, 1.82) is 5.41 Å². The minimum atomic E-state index is -4.16. The highest BCUT2D eigenvalue weighted by atomic mass is 35.5. The van der Waals surface area contributed by atoms with Crippen molar-refractivity contribution >= 4 is 33.8 Å². The van der Waals surface area contributed by atoms with Crippen LogP contribution in [0.15, 0.2) is 42.4 Å². The fourth-order valence-corrected chi connectivity index (χ4v) is 4.51. The Labute approximate surface area is 212 Å². The van der Waals surface area contributed by atoms with Crippen molar-refractivity contribution in [1.82, 2.24) is 29.7 Å². The lowest BCUT2D eigenvalue weighted by molar-refractivity contribution is 0.0950. The molecule has 3 atom stereocenters. The van der Waals surface area contributed by atoms with Crippen molar-refractivity contribution in [2.24, 2.45) is 0 Å². The minimum Gasteiger partial charge on any atom is -0.510 e. The van der Waals surface area contributed by atoms with E-state index < -0.39 is 27.4 Å². The summed E-state index contributed by atoms with van der Waals surface area (Å²) in [7, 11) is -1.37. The van der Waals surface area contributed by atoms with Gasteiger partial charge in [0.05, 0.1) is 18.2 Å². The monoisotopic (exact) mass is 536 g/mol. The quantitative estimate of drug-likeness (QED) is 0.243. The largest absolute Gasteiger partial charge is 0.510 e. The second-order valence-electron chi connectivity index (χ2n) is 7.48. The van der Waals surface area contributed by atoms with E-state index in [1.165, 1.54) is 38.1 Å². The number of halogens is 1. The number of aliphatic hydroxyl groups is 1. The molecule has 0 radical (unpaired) electrons. The molecule has 3 N–H and O–H groups in total. The summed E-state index contributed by atoms with van der Waals surface area (Å²) in [5.41, 5.74) is 0.319. The van der Waals surface area contributed by atoms with Gasteiger partial charge in [-0.25, -0.2) is 23.4 Å². The number of nitrogens with one attached hydrogen (secondary N) is 2. The van der Waals surface area contributed by atoms with E-state index in [1.54, 1.807) is 25.1 Å². The molecule has 0 unspecified atom stereocenters. The molecule has 0 aliphatic heterocycles. The maximum absolute atomic E-state index is 13.4. The Balaban J connectivity index is 2.05. The summed E-state index contributed by atoms with van der Waals surface area (Å²) in [5, 5.41) is 24.9. The Morgan fingerprint density at radius 1 is 1.22 bits per heavy atom. The molecule has 3 aromatic rings. The molecule has 0 spiro atoms. The third-order valence-corrected chi connectivity index (χ3v) is 7.11. The van der Waals surface area contributed by atoms with E-state index in [4.69, 9.17) is 26.5 Å². The molecule has 13 nitrogen and oxygen atoms in total. The third kappa shape index (κ3) is 5.78. The fraction of sp³-hybridized carbons (Fsp3) is 0.333.